The number of nitrogens with two attached hydrogens (primary N) is 1. The number of unbranched alkanes of at least 4 members (excludes halogenated alkanes) is 2. The summed E-state index contributed by atoms with van der Waals surface area (Å²) >= 11 is 0. The lowest BCUT2D eigenvalue weighted by atomic mass is 10.1. The number of allylic oxidation sites excluding steroid dienone is 3. The molecule has 2 aromatic rings. The monoisotopic (exact) mass is 407 g/mol. The van der Waals surface area contributed by atoms with Gasteiger partial charge in [-0.2, -0.15) is 5.10 Å². The number of nitrogens with one attached hydrogen (secondary N) is 1. The molecule has 1 atom stereocenters. The van der Waals surface area contributed by atoms with Gasteiger partial charge in [-0.3, -0.25) is 10.3 Å². The number of aliphatic imine (C=N–C) groups is 1. The molecule has 30 heavy (non-hydrogen) atoms. The van der Waals surface area contributed by atoms with Crippen LogP contribution in [0.2, 0.25) is 0 Å². The van der Waals surface area contributed by atoms with Crippen LogP contribution in [0.1, 0.15) is 57.7 Å². The average Bonchev–Trinajstić information content (AvgIpc) is 3.06. The molecule has 2 amide bonds. The molecule has 0 spiro atoms. The molecule has 0 bridgehead atoms. The van der Waals surface area contributed by atoms with E-state index in [0.29, 0.717) is 11.7 Å². The summed E-state index contributed by atoms with van der Waals surface area (Å²) in [6.45, 7) is 12.4. The van der Waals surface area contributed by atoms with Crippen LogP contribution in [0.25, 0.3) is 11.3 Å². The zero-order valence-electron chi connectivity index (χ0n) is 18.5. The van der Waals surface area contributed by atoms with Crippen LogP contribution in [0.5, 0.6) is 0 Å². The summed E-state index contributed by atoms with van der Waals surface area (Å²) in [4.78, 5) is 16.3. The fourth-order valence-corrected chi connectivity index (χ4v) is 2.98. The molecule has 1 heterocycles. The lowest BCUT2D eigenvalue weighted by Crippen LogP contribution is -2.21. The first-order chi connectivity index (χ1) is 14.4. The van der Waals surface area contributed by atoms with Gasteiger partial charge >= 0.3 is 6.03 Å². The molecule has 6 heteroatoms. The Hall–Kier alpha value is -3.15. The van der Waals surface area contributed by atoms with Gasteiger partial charge in [0, 0.05) is 23.0 Å². The number of amides is 2. The number of hydrogen-bond donors (Lipinski definition) is 2. The van der Waals surface area contributed by atoms with Crippen molar-refractivity contribution < 1.29 is 4.79 Å². The lowest BCUT2D eigenvalue weighted by molar-refractivity contribution is 0.259. The molecule has 0 aliphatic carbocycles. The van der Waals surface area contributed by atoms with Crippen LogP contribution < -0.4 is 11.1 Å². The smallest absolute Gasteiger partial charge is 0.317 e. The predicted octanol–water partition coefficient (Wildman–Crippen LogP) is 5.88. The third-order valence-electron chi connectivity index (χ3n) is 5.11. The molecule has 0 aliphatic heterocycles. The van der Waals surface area contributed by atoms with Crippen LogP contribution in [0.15, 0.2) is 53.7 Å². The van der Waals surface area contributed by atoms with Gasteiger partial charge in [0.2, 0.25) is 0 Å². The van der Waals surface area contributed by atoms with E-state index in [1.54, 1.807) is 4.68 Å². The van der Waals surface area contributed by atoms with Crippen molar-refractivity contribution in [3.8, 4) is 5.69 Å². The van der Waals surface area contributed by atoms with E-state index in [9.17, 15) is 4.79 Å². The maximum atomic E-state index is 11.6. The van der Waals surface area contributed by atoms with Gasteiger partial charge in [-0.25, -0.2) is 9.48 Å². The van der Waals surface area contributed by atoms with Gasteiger partial charge in [0.05, 0.1) is 11.4 Å². The zero-order chi connectivity index (χ0) is 22.1. The van der Waals surface area contributed by atoms with Crippen molar-refractivity contribution in [2.24, 2.45) is 16.6 Å². The number of urea groups is 1. The van der Waals surface area contributed by atoms with E-state index < -0.39 is 6.03 Å². The topological polar surface area (TPSA) is 85.3 Å². The van der Waals surface area contributed by atoms with Crippen LogP contribution in [0.4, 0.5) is 10.6 Å². The van der Waals surface area contributed by atoms with Crippen molar-refractivity contribution in [3.05, 3.63) is 59.9 Å². The van der Waals surface area contributed by atoms with Gasteiger partial charge in [-0.15, -0.1) is 0 Å². The minimum absolute atomic E-state index is 0.313. The van der Waals surface area contributed by atoms with Gasteiger partial charge in [0.1, 0.15) is 5.82 Å². The summed E-state index contributed by atoms with van der Waals surface area (Å²) in [6, 6.07) is 9.03. The van der Waals surface area contributed by atoms with Gasteiger partial charge in [0.15, 0.2) is 0 Å². The van der Waals surface area contributed by atoms with Crippen LogP contribution in [0.3, 0.4) is 0 Å². The number of aromatic nitrogens is 2. The number of benzene rings is 1. The SMILES string of the molecule is C=C(/N=C\C(=C/CCCC)c1nn(-c2ccccc2)c(NC(N)=O)c1C)C(C)CC. The largest absolute Gasteiger partial charge is 0.351 e. The van der Waals surface area contributed by atoms with E-state index in [1.807, 2.05) is 43.5 Å². The summed E-state index contributed by atoms with van der Waals surface area (Å²) in [5.74, 6) is 0.868. The Labute approximate surface area is 179 Å². The number of carbonyl (C=O) groups excluding carboxylic acids is 1. The Morgan fingerprint density at radius 2 is 2.03 bits per heavy atom. The van der Waals surface area contributed by atoms with E-state index in [0.717, 1.165) is 53.9 Å². The van der Waals surface area contributed by atoms with Crippen LogP contribution in [0, 0.1) is 12.8 Å². The number of carbonyl (C=O) groups is 1. The minimum Gasteiger partial charge on any atom is -0.351 e. The molecular formula is C24H33N5O. The molecule has 0 aliphatic rings. The van der Waals surface area contributed by atoms with Gasteiger partial charge in [-0.05, 0) is 37.8 Å². The summed E-state index contributed by atoms with van der Waals surface area (Å²) in [5, 5.41) is 7.54. The van der Waals surface area contributed by atoms with Gasteiger partial charge < -0.3 is 5.73 Å². The molecule has 2 rings (SSSR count). The molecule has 0 radical (unpaired) electrons. The Balaban J connectivity index is 2.55. The molecule has 3 N–H and O–H groups in total. The van der Waals surface area contributed by atoms with E-state index in [-0.39, 0.29) is 0 Å². The Morgan fingerprint density at radius 1 is 1.33 bits per heavy atom. The number of para-hydroxylation sites is 1. The Morgan fingerprint density at radius 3 is 2.63 bits per heavy atom. The Bertz CT molecular complexity index is 925. The van der Waals surface area contributed by atoms with Crippen molar-refractivity contribution in [3.63, 3.8) is 0 Å². The maximum absolute atomic E-state index is 11.6. The molecule has 0 fully saturated rings. The van der Waals surface area contributed by atoms with Crippen molar-refractivity contribution in [1.29, 1.82) is 0 Å². The van der Waals surface area contributed by atoms with Crippen molar-refractivity contribution >= 4 is 23.6 Å². The summed E-state index contributed by atoms with van der Waals surface area (Å²) in [7, 11) is 0. The van der Waals surface area contributed by atoms with Crippen molar-refractivity contribution in [2.75, 3.05) is 5.32 Å². The first-order valence-electron chi connectivity index (χ1n) is 10.5. The number of hydrogen-bond acceptors (Lipinski definition) is 3. The minimum atomic E-state index is -0.628. The standard InChI is InChI=1S/C24H33N5O/c1-6-8-10-13-20(16-26-19(5)17(3)7-2)22-18(4)23(27-24(25)30)29(28-22)21-14-11-9-12-15-21/h9,11-17H,5-8,10H2,1-4H3,(H3,25,27,30)/b20-13+,26-16-. The van der Waals surface area contributed by atoms with Crippen LogP contribution >= 0.6 is 0 Å². The second-order valence-corrected chi connectivity index (χ2v) is 7.42. The molecule has 1 aromatic heterocycles. The Kier molecular flexibility index (Phi) is 8.59. The fourth-order valence-electron chi connectivity index (χ4n) is 2.98. The fraction of sp³-hybridized carbons (Fsp3) is 0.375. The lowest BCUT2D eigenvalue weighted by Gasteiger charge is -2.08. The van der Waals surface area contributed by atoms with Crippen LogP contribution in [-0.4, -0.2) is 22.0 Å². The molecule has 1 aromatic carbocycles. The maximum Gasteiger partial charge on any atom is 0.317 e. The average molecular weight is 408 g/mol. The number of anilines is 1. The highest BCUT2D eigenvalue weighted by Crippen LogP contribution is 2.28. The van der Waals surface area contributed by atoms with E-state index in [4.69, 9.17) is 10.8 Å². The quantitative estimate of drug-likeness (QED) is 0.381. The highest BCUT2D eigenvalue weighted by Gasteiger charge is 2.19. The molecule has 1 unspecified atom stereocenters. The molecule has 0 saturated heterocycles. The highest BCUT2D eigenvalue weighted by atomic mass is 16.2. The third kappa shape index (κ3) is 5.92. The first-order valence-corrected chi connectivity index (χ1v) is 10.5. The second-order valence-electron chi connectivity index (χ2n) is 7.42. The normalized spacial score (nSPS) is 12.9. The predicted molar refractivity (Wildman–Crippen MR) is 126 cm³/mol. The highest BCUT2D eigenvalue weighted by molar-refractivity contribution is 6.10. The number of rotatable bonds is 10. The summed E-state index contributed by atoms with van der Waals surface area (Å²) < 4.78 is 1.71. The molecule has 160 valence electrons. The van der Waals surface area contributed by atoms with Crippen molar-refractivity contribution in [2.45, 2.75) is 53.4 Å². The molecule has 6 nitrogen and oxygen atoms in total. The zero-order valence-corrected chi connectivity index (χ0v) is 18.5. The second kappa shape index (κ2) is 11.1. The van der Waals surface area contributed by atoms with Crippen molar-refractivity contribution in [1.82, 2.24) is 9.78 Å². The summed E-state index contributed by atoms with van der Waals surface area (Å²) in [5.41, 5.74) is 9.61. The third-order valence-corrected chi connectivity index (χ3v) is 5.11. The molecule has 0 saturated carbocycles. The van der Waals surface area contributed by atoms with E-state index in [1.165, 1.54) is 0 Å². The summed E-state index contributed by atoms with van der Waals surface area (Å²) in [6.07, 6.45) is 8.07. The molecular weight excluding hydrogens is 374 g/mol. The number of nitrogens with zero attached hydrogens (tertiary/aromatic N) is 3. The van der Waals surface area contributed by atoms with Gasteiger partial charge in [-0.1, -0.05) is 64.5 Å². The van der Waals surface area contributed by atoms with E-state index in [2.05, 4.69) is 43.7 Å². The van der Waals surface area contributed by atoms with Gasteiger partial charge in [0.25, 0.3) is 0 Å². The van der Waals surface area contributed by atoms with E-state index >= 15 is 0 Å². The van der Waals surface area contributed by atoms with Crippen LogP contribution in [-0.2, 0) is 0 Å². The first kappa shape index (κ1) is 23.1. The number of primary amides is 1.